The van der Waals surface area contributed by atoms with Crippen molar-refractivity contribution in [2.75, 3.05) is 13.2 Å². The first-order valence-electron chi connectivity index (χ1n) is 4.78. The number of aliphatic hydroxyl groups is 2. The summed E-state index contributed by atoms with van der Waals surface area (Å²) in [6, 6.07) is -0.572. The first kappa shape index (κ1) is 13.4. The lowest BCUT2D eigenvalue weighted by molar-refractivity contribution is -0.125. The van der Waals surface area contributed by atoms with Gasteiger partial charge in [0, 0.05) is 0 Å². The maximum absolute atomic E-state index is 11.4. The second-order valence-electron chi connectivity index (χ2n) is 3.76. The van der Waals surface area contributed by atoms with E-state index in [1.165, 1.54) is 0 Å². The van der Waals surface area contributed by atoms with Gasteiger partial charge in [0.05, 0.1) is 24.8 Å². The van der Waals surface area contributed by atoms with Crippen LogP contribution in [-0.4, -0.2) is 40.9 Å². The molecule has 0 saturated heterocycles. The third-order valence-corrected chi connectivity index (χ3v) is 2.06. The van der Waals surface area contributed by atoms with Gasteiger partial charge in [-0.05, 0) is 13.3 Å². The lowest BCUT2D eigenvalue weighted by Crippen LogP contribution is -2.56. The molecule has 0 aromatic rings. The van der Waals surface area contributed by atoms with Gasteiger partial charge in [0.15, 0.2) is 0 Å². The first-order valence-corrected chi connectivity index (χ1v) is 4.78. The second-order valence-corrected chi connectivity index (χ2v) is 3.76. The van der Waals surface area contributed by atoms with Crippen LogP contribution >= 0.6 is 0 Å². The smallest absolute Gasteiger partial charge is 0.237 e. The third kappa shape index (κ3) is 4.04. The molecule has 0 aliphatic rings. The van der Waals surface area contributed by atoms with E-state index < -0.39 is 11.6 Å². The van der Waals surface area contributed by atoms with E-state index >= 15 is 0 Å². The minimum absolute atomic E-state index is 0.311. The predicted molar refractivity (Wildman–Crippen MR) is 53.6 cm³/mol. The molecule has 0 rings (SSSR count). The molecular formula is C9H20N2O3. The molecule has 14 heavy (non-hydrogen) atoms. The Morgan fingerprint density at radius 1 is 1.50 bits per heavy atom. The molecule has 0 bridgehead atoms. The summed E-state index contributed by atoms with van der Waals surface area (Å²) in [5.74, 6) is -0.336. The Hall–Kier alpha value is -0.650. The number of hydrogen-bond acceptors (Lipinski definition) is 4. The molecule has 1 amide bonds. The summed E-state index contributed by atoms with van der Waals surface area (Å²) in [4.78, 5) is 11.4. The quantitative estimate of drug-likeness (QED) is 0.445. The summed E-state index contributed by atoms with van der Waals surface area (Å²) >= 11 is 0. The van der Waals surface area contributed by atoms with Gasteiger partial charge in [-0.1, -0.05) is 13.3 Å². The average molecular weight is 204 g/mol. The summed E-state index contributed by atoms with van der Waals surface area (Å²) in [7, 11) is 0. The topological polar surface area (TPSA) is 95.6 Å². The number of aliphatic hydroxyl groups excluding tert-OH is 2. The summed E-state index contributed by atoms with van der Waals surface area (Å²) in [6.45, 7) is 2.87. The molecule has 0 spiro atoms. The van der Waals surface area contributed by atoms with E-state index in [2.05, 4.69) is 5.32 Å². The minimum Gasteiger partial charge on any atom is -0.394 e. The summed E-state index contributed by atoms with van der Waals surface area (Å²) in [5.41, 5.74) is 4.59. The van der Waals surface area contributed by atoms with Gasteiger partial charge < -0.3 is 21.3 Å². The van der Waals surface area contributed by atoms with E-state index in [1.54, 1.807) is 6.92 Å². The molecule has 0 aliphatic heterocycles. The molecule has 0 aromatic carbocycles. The van der Waals surface area contributed by atoms with Crippen LogP contribution in [-0.2, 0) is 4.79 Å². The molecule has 0 heterocycles. The number of carbonyl (C=O) groups excluding carboxylic acids is 1. The highest BCUT2D eigenvalue weighted by atomic mass is 16.3. The maximum Gasteiger partial charge on any atom is 0.237 e. The largest absolute Gasteiger partial charge is 0.394 e. The van der Waals surface area contributed by atoms with Crippen molar-refractivity contribution in [2.24, 2.45) is 5.73 Å². The zero-order valence-corrected chi connectivity index (χ0v) is 8.79. The van der Waals surface area contributed by atoms with Crippen molar-refractivity contribution >= 4 is 5.91 Å². The van der Waals surface area contributed by atoms with Crippen LogP contribution in [0, 0.1) is 0 Å². The zero-order chi connectivity index (χ0) is 11.2. The molecule has 5 nitrogen and oxygen atoms in total. The number of rotatable bonds is 6. The van der Waals surface area contributed by atoms with Crippen molar-refractivity contribution in [3.8, 4) is 0 Å². The van der Waals surface area contributed by atoms with Crippen LogP contribution in [0.2, 0.25) is 0 Å². The SMILES string of the molecule is CCC[C@@H](N)C(=O)NC(C)(CO)CO. The van der Waals surface area contributed by atoms with E-state index in [4.69, 9.17) is 15.9 Å². The molecule has 1 atom stereocenters. The Kier molecular flexibility index (Phi) is 5.68. The normalized spacial score (nSPS) is 13.8. The fourth-order valence-electron chi connectivity index (χ4n) is 0.961. The van der Waals surface area contributed by atoms with Crippen LogP contribution < -0.4 is 11.1 Å². The van der Waals surface area contributed by atoms with Crippen molar-refractivity contribution in [3.05, 3.63) is 0 Å². The highest BCUT2D eigenvalue weighted by molar-refractivity contribution is 5.82. The van der Waals surface area contributed by atoms with E-state index in [9.17, 15) is 4.79 Å². The van der Waals surface area contributed by atoms with Crippen molar-refractivity contribution in [1.82, 2.24) is 5.32 Å². The monoisotopic (exact) mass is 204 g/mol. The number of hydrogen-bond donors (Lipinski definition) is 4. The number of nitrogens with one attached hydrogen (secondary N) is 1. The van der Waals surface area contributed by atoms with E-state index in [1.807, 2.05) is 6.92 Å². The highest BCUT2D eigenvalue weighted by Gasteiger charge is 2.26. The van der Waals surface area contributed by atoms with Crippen molar-refractivity contribution in [3.63, 3.8) is 0 Å². The number of nitrogens with two attached hydrogens (primary N) is 1. The van der Waals surface area contributed by atoms with Gasteiger partial charge in [0.1, 0.15) is 0 Å². The lowest BCUT2D eigenvalue weighted by Gasteiger charge is -2.27. The fraction of sp³-hybridized carbons (Fsp3) is 0.889. The van der Waals surface area contributed by atoms with Crippen LogP contribution in [0.1, 0.15) is 26.7 Å². The summed E-state index contributed by atoms with van der Waals surface area (Å²) < 4.78 is 0. The van der Waals surface area contributed by atoms with Crippen molar-refractivity contribution in [2.45, 2.75) is 38.3 Å². The standard InChI is InChI=1S/C9H20N2O3/c1-3-4-7(10)8(14)11-9(2,5-12)6-13/h7,12-13H,3-6,10H2,1-2H3,(H,11,14)/t7-/m1/s1. The number of carbonyl (C=O) groups is 1. The van der Waals surface area contributed by atoms with Gasteiger partial charge >= 0.3 is 0 Å². The fourth-order valence-corrected chi connectivity index (χ4v) is 0.961. The Balaban J connectivity index is 4.15. The molecule has 0 radical (unpaired) electrons. The van der Waals surface area contributed by atoms with Gasteiger partial charge in [-0.3, -0.25) is 4.79 Å². The summed E-state index contributed by atoms with van der Waals surface area (Å²) in [5, 5.41) is 20.4. The van der Waals surface area contributed by atoms with Gasteiger partial charge in [-0.15, -0.1) is 0 Å². The molecule has 0 unspecified atom stereocenters. The van der Waals surface area contributed by atoms with Crippen LogP contribution in [0.3, 0.4) is 0 Å². The van der Waals surface area contributed by atoms with E-state index in [-0.39, 0.29) is 19.1 Å². The van der Waals surface area contributed by atoms with Crippen molar-refractivity contribution in [1.29, 1.82) is 0 Å². The molecule has 0 fully saturated rings. The molecule has 5 N–H and O–H groups in total. The van der Waals surface area contributed by atoms with E-state index in [0.717, 1.165) is 6.42 Å². The molecule has 0 saturated carbocycles. The predicted octanol–water partition coefficient (Wildman–Crippen LogP) is -1.03. The molecule has 84 valence electrons. The molecule has 0 aliphatic carbocycles. The Morgan fingerprint density at radius 2 is 2.00 bits per heavy atom. The number of amides is 1. The van der Waals surface area contributed by atoms with E-state index in [0.29, 0.717) is 6.42 Å². The summed E-state index contributed by atoms with van der Waals surface area (Å²) in [6.07, 6.45) is 1.42. The van der Waals surface area contributed by atoms with Gasteiger partial charge in [0.25, 0.3) is 0 Å². The van der Waals surface area contributed by atoms with Crippen LogP contribution in [0.5, 0.6) is 0 Å². The molecule has 5 heteroatoms. The second kappa shape index (κ2) is 5.95. The lowest BCUT2D eigenvalue weighted by atomic mass is 10.0. The van der Waals surface area contributed by atoms with Crippen LogP contribution in [0.25, 0.3) is 0 Å². The minimum atomic E-state index is -0.984. The third-order valence-electron chi connectivity index (χ3n) is 2.06. The van der Waals surface area contributed by atoms with Crippen molar-refractivity contribution < 1.29 is 15.0 Å². The Morgan fingerprint density at radius 3 is 2.36 bits per heavy atom. The van der Waals surface area contributed by atoms with Gasteiger partial charge in [-0.2, -0.15) is 0 Å². The van der Waals surface area contributed by atoms with Crippen LogP contribution in [0.4, 0.5) is 0 Å². The Labute approximate surface area is 84.3 Å². The molecular weight excluding hydrogens is 184 g/mol. The molecule has 0 aromatic heterocycles. The maximum atomic E-state index is 11.4. The highest BCUT2D eigenvalue weighted by Crippen LogP contribution is 2.02. The van der Waals surface area contributed by atoms with Crippen LogP contribution in [0.15, 0.2) is 0 Å². The zero-order valence-electron chi connectivity index (χ0n) is 8.79. The average Bonchev–Trinajstić information content (AvgIpc) is 2.18. The first-order chi connectivity index (χ1) is 6.49. The van der Waals surface area contributed by atoms with Gasteiger partial charge in [0.2, 0.25) is 5.91 Å². The van der Waals surface area contributed by atoms with Gasteiger partial charge in [-0.25, -0.2) is 0 Å². The Bertz CT molecular complexity index is 181.